The number of benzene rings is 3. The number of H-pyrrole nitrogens is 1. The number of anilines is 1. The second-order valence-corrected chi connectivity index (χ2v) is 8.94. The van der Waals surface area contributed by atoms with Crippen LogP contribution < -0.4 is 16.2 Å². The number of para-hydroxylation sites is 2. The third kappa shape index (κ3) is 3.84. The summed E-state index contributed by atoms with van der Waals surface area (Å²) >= 11 is 5.83. The molecule has 8 nitrogen and oxygen atoms in total. The van der Waals surface area contributed by atoms with Gasteiger partial charge in [0.1, 0.15) is 0 Å². The molecule has 1 aliphatic rings. The fourth-order valence-corrected chi connectivity index (χ4v) is 4.19. The van der Waals surface area contributed by atoms with Crippen LogP contribution in [0.1, 0.15) is 5.56 Å². The van der Waals surface area contributed by atoms with Crippen molar-refractivity contribution in [2.24, 2.45) is 9.98 Å². The predicted molar refractivity (Wildman–Crippen MR) is 120 cm³/mol. The Hall–Kier alpha value is -3.66. The summed E-state index contributed by atoms with van der Waals surface area (Å²) in [6.07, 6.45) is 1.59. The highest BCUT2D eigenvalue weighted by molar-refractivity contribution is 7.86. The summed E-state index contributed by atoms with van der Waals surface area (Å²) in [5, 5.41) is 12.8. The maximum Gasteiger partial charge on any atom is 0.317 e. The van der Waals surface area contributed by atoms with E-state index in [2.05, 4.69) is 20.4 Å². The van der Waals surface area contributed by atoms with Gasteiger partial charge >= 0.3 is 10.1 Å². The molecule has 0 saturated heterocycles. The highest BCUT2D eigenvalue weighted by atomic mass is 35.5. The lowest BCUT2D eigenvalue weighted by atomic mass is 10.1. The topological polar surface area (TPSA) is 116 Å². The Kier molecular flexibility index (Phi) is 4.93. The van der Waals surface area contributed by atoms with Crippen LogP contribution in [0.25, 0.3) is 17.0 Å². The van der Waals surface area contributed by atoms with Crippen LogP contribution in [0.5, 0.6) is 5.88 Å². The molecule has 0 spiro atoms. The summed E-state index contributed by atoms with van der Waals surface area (Å²) in [4.78, 5) is 11.6. The fourth-order valence-electron chi connectivity index (χ4n) is 3.27. The molecule has 32 heavy (non-hydrogen) atoms. The van der Waals surface area contributed by atoms with E-state index in [4.69, 9.17) is 15.9 Å². The Morgan fingerprint density at radius 3 is 2.38 bits per heavy atom. The minimum atomic E-state index is -4.15. The van der Waals surface area contributed by atoms with Gasteiger partial charge in [-0.05, 0) is 60.7 Å². The lowest BCUT2D eigenvalue weighted by Crippen LogP contribution is -2.19. The number of fused-ring (bicyclic) bond motifs is 2. The Labute approximate surface area is 187 Å². The molecule has 10 heteroatoms. The number of aromatic amines is 1. The van der Waals surface area contributed by atoms with Crippen molar-refractivity contribution in [3.8, 4) is 5.88 Å². The number of aromatic hydroxyl groups is 1. The second kappa shape index (κ2) is 7.79. The number of hydrogen-bond donors (Lipinski definition) is 3. The molecule has 0 amide bonds. The predicted octanol–water partition coefficient (Wildman–Crippen LogP) is 3.51. The first-order valence-electron chi connectivity index (χ1n) is 9.43. The molecule has 0 radical (unpaired) electrons. The van der Waals surface area contributed by atoms with E-state index in [0.717, 1.165) is 10.7 Å². The molecule has 3 aromatic carbocycles. The van der Waals surface area contributed by atoms with Gasteiger partial charge in [0.25, 0.3) is 0 Å². The Morgan fingerprint density at radius 1 is 1.00 bits per heavy atom. The van der Waals surface area contributed by atoms with Gasteiger partial charge in [-0.3, -0.25) is 0 Å². The summed E-state index contributed by atoms with van der Waals surface area (Å²) in [6.45, 7) is 0. The van der Waals surface area contributed by atoms with E-state index in [1.165, 1.54) is 12.1 Å². The molecule has 1 aliphatic heterocycles. The van der Waals surface area contributed by atoms with E-state index in [0.29, 0.717) is 33.0 Å². The first-order chi connectivity index (χ1) is 15.4. The van der Waals surface area contributed by atoms with Gasteiger partial charge in [-0.25, -0.2) is 15.5 Å². The number of nitrogens with zero attached hydrogens (tertiary/aromatic N) is 2. The van der Waals surface area contributed by atoms with E-state index in [-0.39, 0.29) is 10.8 Å². The van der Waals surface area contributed by atoms with Crippen molar-refractivity contribution in [2.45, 2.75) is 4.90 Å². The Morgan fingerprint density at radius 2 is 1.69 bits per heavy atom. The van der Waals surface area contributed by atoms with Gasteiger partial charge in [-0.15, -0.1) is 4.28 Å². The molecule has 0 saturated carbocycles. The van der Waals surface area contributed by atoms with E-state index < -0.39 is 10.1 Å². The quantitative estimate of drug-likeness (QED) is 0.389. The van der Waals surface area contributed by atoms with E-state index >= 15 is 0 Å². The molecule has 0 fully saturated rings. The molecule has 0 atom stereocenters. The van der Waals surface area contributed by atoms with Crippen LogP contribution in [0.4, 0.5) is 5.69 Å². The average molecular weight is 467 g/mol. The van der Waals surface area contributed by atoms with Crippen molar-refractivity contribution in [2.75, 3.05) is 5.48 Å². The zero-order valence-corrected chi connectivity index (χ0v) is 17.9. The molecule has 160 valence electrons. The van der Waals surface area contributed by atoms with Gasteiger partial charge in [0.15, 0.2) is 11.7 Å². The van der Waals surface area contributed by atoms with Crippen molar-refractivity contribution in [3.63, 3.8) is 0 Å². The molecular formula is C22H15ClN4O4S. The average Bonchev–Trinajstić information content (AvgIpc) is 3.33. The van der Waals surface area contributed by atoms with Gasteiger partial charge in [-0.1, -0.05) is 23.7 Å². The lowest BCUT2D eigenvalue weighted by molar-refractivity contribution is 0.391. The Balaban J connectivity index is 1.49. The maximum atomic E-state index is 12.7. The van der Waals surface area contributed by atoms with Crippen molar-refractivity contribution in [1.82, 2.24) is 4.98 Å². The first kappa shape index (κ1) is 20.3. The summed E-state index contributed by atoms with van der Waals surface area (Å²) in [5.41, 5.74) is 3.75. The molecular weight excluding hydrogens is 452 g/mol. The van der Waals surface area contributed by atoms with Gasteiger partial charge in [0.2, 0.25) is 0 Å². The monoisotopic (exact) mass is 466 g/mol. The number of aromatic nitrogens is 1. The molecule has 4 aromatic rings. The number of halogens is 1. The zero-order chi connectivity index (χ0) is 22.3. The maximum absolute atomic E-state index is 12.7. The Bertz CT molecular complexity index is 1570. The van der Waals surface area contributed by atoms with Crippen LogP contribution in [-0.4, -0.2) is 18.5 Å². The van der Waals surface area contributed by atoms with E-state index in [9.17, 15) is 13.5 Å². The van der Waals surface area contributed by atoms with Gasteiger partial charge in [-0.2, -0.15) is 8.42 Å². The molecule has 0 aliphatic carbocycles. The van der Waals surface area contributed by atoms with Crippen molar-refractivity contribution in [1.29, 1.82) is 0 Å². The highest BCUT2D eigenvalue weighted by Gasteiger charge is 2.19. The summed E-state index contributed by atoms with van der Waals surface area (Å²) in [6, 6.07) is 18.1. The van der Waals surface area contributed by atoms with Crippen LogP contribution >= 0.6 is 11.6 Å². The fraction of sp³-hybridized carbons (Fsp3) is 0. The van der Waals surface area contributed by atoms with Gasteiger partial charge in [0.05, 0.1) is 21.3 Å². The van der Waals surface area contributed by atoms with Crippen LogP contribution in [0.15, 0.2) is 87.4 Å². The molecule has 0 bridgehead atoms. The van der Waals surface area contributed by atoms with Gasteiger partial charge < -0.3 is 10.1 Å². The van der Waals surface area contributed by atoms with Crippen LogP contribution in [0.3, 0.4) is 0 Å². The third-order valence-electron chi connectivity index (χ3n) is 4.82. The molecule has 2 heterocycles. The van der Waals surface area contributed by atoms with Crippen LogP contribution in [0.2, 0.25) is 5.02 Å². The standard InChI is InChI=1S/C22H15ClN4O4S/c23-13-5-7-14(8-6-13)27-31-32(29,30)15-9-10-18-16(11-15)17(22(28)26-18)12-21-24-19-3-1-2-4-20(19)25-21/h1-12,26-28H. The summed E-state index contributed by atoms with van der Waals surface area (Å²) < 4.78 is 30.3. The van der Waals surface area contributed by atoms with Crippen LogP contribution in [0, 0.1) is 0 Å². The van der Waals surface area contributed by atoms with E-state index in [1.807, 2.05) is 24.3 Å². The lowest BCUT2D eigenvalue weighted by Gasteiger charge is -2.08. The smallest absolute Gasteiger partial charge is 0.317 e. The summed E-state index contributed by atoms with van der Waals surface area (Å²) in [7, 11) is -4.15. The van der Waals surface area contributed by atoms with Crippen molar-refractivity contribution >= 4 is 44.4 Å². The summed E-state index contributed by atoms with van der Waals surface area (Å²) in [5.74, 6) is 0.278. The second-order valence-electron chi connectivity index (χ2n) is 6.96. The molecule has 5 rings (SSSR count). The van der Waals surface area contributed by atoms with E-state index in [1.54, 1.807) is 36.4 Å². The number of rotatable bonds is 5. The van der Waals surface area contributed by atoms with Gasteiger partial charge in [0, 0.05) is 21.5 Å². The SMILES string of the molecule is O=S(=O)(ONc1ccc(Cl)cc1)c1ccc2[nH]c(O)c(C=C3N=c4ccccc4=N3)c2c1. The normalized spacial score (nSPS) is 12.8. The zero-order valence-electron chi connectivity index (χ0n) is 16.3. The van der Waals surface area contributed by atoms with Crippen molar-refractivity contribution < 1.29 is 17.8 Å². The van der Waals surface area contributed by atoms with Crippen LogP contribution in [-0.2, 0) is 14.4 Å². The number of hydrogen-bond acceptors (Lipinski definition) is 7. The largest absolute Gasteiger partial charge is 0.494 e. The van der Waals surface area contributed by atoms with Crippen molar-refractivity contribution in [3.05, 3.63) is 93.9 Å². The number of nitrogens with one attached hydrogen (secondary N) is 2. The minimum absolute atomic E-state index is 0.0892. The molecule has 1 aromatic heterocycles. The molecule has 0 unspecified atom stereocenters. The molecule has 3 N–H and O–H groups in total. The first-order valence-corrected chi connectivity index (χ1v) is 11.2. The third-order valence-corrected chi connectivity index (χ3v) is 6.20. The minimum Gasteiger partial charge on any atom is -0.494 e. The highest BCUT2D eigenvalue weighted by Crippen LogP contribution is 2.32.